The van der Waals surface area contributed by atoms with Crippen LogP contribution >= 0.6 is 0 Å². The Hall–Kier alpha value is -1.51. The van der Waals surface area contributed by atoms with E-state index in [1.807, 2.05) is 13.0 Å². The van der Waals surface area contributed by atoms with Crippen molar-refractivity contribution in [3.8, 4) is 5.75 Å². The van der Waals surface area contributed by atoms with E-state index in [0.29, 0.717) is 18.7 Å². The Morgan fingerprint density at radius 3 is 2.65 bits per heavy atom. The molecule has 1 aliphatic heterocycles. The molecule has 1 heterocycles. The highest BCUT2D eigenvalue weighted by Crippen LogP contribution is 2.32. The molecule has 1 aromatic rings. The summed E-state index contributed by atoms with van der Waals surface area (Å²) in [5.41, 5.74) is 2.89. The standard InChI is InChI=1S/C14H19NO2/c1-9-7-10(14(2,3)4)8-11-12(9)17-6-5-15-13(11)16/h7-8H,5-6H2,1-4H3,(H,15,16). The highest BCUT2D eigenvalue weighted by atomic mass is 16.5. The molecule has 3 nitrogen and oxygen atoms in total. The Morgan fingerprint density at radius 1 is 1.29 bits per heavy atom. The van der Waals surface area contributed by atoms with Gasteiger partial charge in [0, 0.05) is 0 Å². The number of amides is 1. The van der Waals surface area contributed by atoms with Crippen molar-refractivity contribution < 1.29 is 9.53 Å². The highest BCUT2D eigenvalue weighted by molar-refractivity contribution is 5.98. The molecule has 1 aromatic carbocycles. The minimum atomic E-state index is -0.0355. The van der Waals surface area contributed by atoms with Crippen molar-refractivity contribution in [2.45, 2.75) is 33.1 Å². The van der Waals surface area contributed by atoms with Gasteiger partial charge >= 0.3 is 0 Å². The summed E-state index contributed by atoms with van der Waals surface area (Å²) < 4.78 is 5.63. The number of fused-ring (bicyclic) bond motifs is 1. The average Bonchev–Trinajstić information content (AvgIpc) is 2.40. The normalized spacial score (nSPS) is 15.6. The number of rotatable bonds is 0. The predicted octanol–water partition coefficient (Wildman–Crippen LogP) is 2.41. The van der Waals surface area contributed by atoms with Gasteiger partial charge in [-0.3, -0.25) is 4.79 Å². The minimum absolute atomic E-state index is 0.0341. The van der Waals surface area contributed by atoms with Crippen LogP contribution in [0.15, 0.2) is 12.1 Å². The van der Waals surface area contributed by atoms with E-state index in [-0.39, 0.29) is 11.3 Å². The number of hydrogen-bond acceptors (Lipinski definition) is 2. The zero-order valence-corrected chi connectivity index (χ0v) is 10.9. The van der Waals surface area contributed by atoms with Crippen molar-refractivity contribution in [1.82, 2.24) is 5.32 Å². The van der Waals surface area contributed by atoms with Gasteiger partial charge in [0.2, 0.25) is 0 Å². The van der Waals surface area contributed by atoms with Gasteiger partial charge in [0.1, 0.15) is 12.4 Å². The van der Waals surface area contributed by atoms with Crippen molar-refractivity contribution >= 4 is 5.91 Å². The molecule has 0 saturated carbocycles. The first kappa shape index (κ1) is 12.0. The number of carbonyl (C=O) groups excluding carboxylic acids is 1. The van der Waals surface area contributed by atoms with Crippen molar-refractivity contribution in [2.75, 3.05) is 13.2 Å². The molecular formula is C14H19NO2. The van der Waals surface area contributed by atoms with Gasteiger partial charge in [-0.25, -0.2) is 0 Å². The van der Waals surface area contributed by atoms with Gasteiger partial charge in [0.05, 0.1) is 12.1 Å². The molecule has 0 fully saturated rings. The third kappa shape index (κ3) is 2.28. The molecule has 0 aromatic heterocycles. The quantitative estimate of drug-likeness (QED) is 0.747. The Kier molecular flexibility index (Phi) is 2.86. The lowest BCUT2D eigenvalue weighted by Gasteiger charge is -2.21. The lowest BCUT2D eigenvalue weighted by atomic mass is 9.84. The van der Waals surface area contributed by atoms with Crippen molar-refractivity contribution in [3.05, 3.63) is 28.8 Å². The summed E-state index contributed by atoms with van der Waals surface area (Å²) >= 11 is 0. The van der Waals surface area contributed by atoms with E-state index in [2.05, 4.69) is 32.2 Å². The molecule has 3 heteroatoms. The van der Waals surface area contributed by atoms with Crippen LogP contribution in [0.5, 0.6) is 5.75 Å². The van der Waals surface area contributed by atoms with Crippen LogP contribution in [0.1, 0.15) is 42.3 Å². The van der Waals surface area contributed by atoms with Crippen molar-refractivity contribution in [3.63, 3.8) is 0 Å². The van der Waals surface area contributed by atoms with Crippen molar-refractivity contribution in [1.29, 1.82) is 0 Å². The molecule has 0 unspecified atom stereocenters. The topological polar surface area (TPSA) is 38.3 Å². The first-order chi connectivity index (χ1) is 7.89. The Balaban J connectivity index is 2.58. The molecule has 0 atom stereocenters. The second-order valence-corrected chi connectivity index (χ2v) is 5.52. The molecule has 92 valence electrons. The molecule has 0 radical (unpaired) electrons. The van der Waals surface area contributed by atoms with Gasteiger partial charge in [-0.05, 0) is 29.5 Å². The second-order valence-electron chi connectivity index (χ2n) is 5.52. The van der Waals surface area contributed by atoms with Gasteiger partial charge in [0.25, 0.3) is 5.91 Å². The van der Waals surface area contributed by atoms with Crippen LogP contribution in [-0.2, 0) is 5.41 Å². The number of benzene rings is 1. The number of ether oxygens (including phenoxy) is 1. The highest BCUT2D eigenvalue weighted by Gasteiger charge is 2.23. The summed E-state index contributed by atoms with van der Waals surface area (Å²) in [5.74, 6) is 0.694. The van der Waals surface area contributed by atoms with E-state index in [9.17, 15) is 4.79 Å². The molecule has 0 bridgehead atoms. The Labute approximate surface area is 102 Å². The molecule has 2 rings (SSSR count). The number of aryl methyl sites for hydroxylation is 1. The van der Waals surface area contributed by atoms with Crippen LogP contribution < -0.4 is 10.1 Å². The molecule has 0 spiro atoms. The second kappa shape index (κ2) is 4.06. The van der Waals surface area contributed by atoms with E-state index in [0.717, 1.165) is 16.9 Å². The predicted molar refractivity (Wildman–Crippen MR) is 67.7 cm³/mol. The maximum absolute atomic E-state index is 11.9. The van der Waals surface area contributed by atoms with Crippen LogP contribution in [0.2, 0.25) is 0 Å². The number of carbonyl (C=O) groups is 1. The summed E-state index contributed by atoms with van der Waals surface area (Å²) in [6.45, 7) is 9.52. The molecule has 1 N–H and O–H groups in total. The van der Waals surface area contributed by atoms with Crippen LogP contribution in [0.3, 0.4) is 0 Å². The van der Waals surface area contributed by atoms with Gasteiger partial charge in [0.15, 0.2) is 0 Å². The first-order valence-corrected chi connectivity index (χ1v) is 5.96. The van der Waals surface area contributed by atoms with Gasteiger partial charge in [-0.15, -0.1) is 0 Å². The molecule has 1 amide bonds. The third-order valence-corrected chi connectivity index (χ3v) is 3.02. The SMILES string of the molecule is Cc1cc(C(C)(C)C)cc2c1OCCNC2=O. The lowest BCUT2D eigenvalue weighted by Crippen LogP contribution is -2.24. The average molecular weight is 233 g/mol. The van der Waals surface area contributed by atoms with E-state index < -0.39 is 0 Å². The molecule has 1 aliphatic rings. The maximum atomic E-state index is 11.9. The fraction of sp³-hybridized carbons (Fsp3) is 0.500. The zero-order chi connectivity index (χ0) is 12.6. The van der Waals surface area contributed by atoms with Crippen molar-refractivity contribution in [2.24, 2.45) is 0 Å². The Morgan fingerprint density at radius 2 is 2.00 bits per heavy atom. The Bertz CT molecular complexity index is 458. The van der Waals surface area contributed by atoms with E-state index >= 15 is 0 Å². The lowest BCUT2D eigenvalue weighted by molar-refractivity contribution is 0.0957. The minimum Gasteiger partial charge on any atom is -0.491 e. The molecule has 0 saturated heterocycles. The number of nitrogens with one attached hydrogen (secondary N) is 1. The fourth-order valence-electron chi connectivity index (χ4n) is 1.98. The zero-order valence-electron chi connectivity index (χ0n) is 10.9. The maximum Gasteiger partial charge on any atom is 0.255 e. The number of hydrogen-bond donors (Lipinski definition) is 1. The first-order valence-electron chi connectivity index (χ1n) is 5.96. The fourth-order valence-corrected chi connectivity index (χ4v) is 1.98. The summed E-state index contributed by atoms with van der Waals surface area (Å²) in [6, 6.07) is 4.06. The third-order valence-electron chi connectivity index (χ3n) is 3.02. The van der Waals surface area contributed by atoms with Gasteiger partial charge in [-0.2, -0.15) is 0 Å². The van der Waals surface area contributed by atoms with Gasteiger partial charge < -0.3 is 10.1 Å². The molecular weight excluding hydrogens is 214 g/mol. The summed E-state index contributed by atoms with van der Waals surface area (Å²) in [4.78, 5) is 11.9. The van der Waals surface area contributed by atoms with Gasteiger partial charge in [-0.1, -0.05) is 26.8 Å². The van der Waals surface area contributed by atoms with Crippen LogP contribution in [0, 0.1) is 6.92 Å². The van der Waals surface area contributed by atoms with E-state index in [1.165, 1.54) is 0 Å². The monoisotopic (exact) mass is 233 g/mol. The summed E-state index contributed by atoms with van der Waals surface area (Å²) in [7, 11) is 0. The molecule has 17 heavy (non-hydrogen) atoms. The molecule has 0 aliphatic carbocycles. The summed E-state index contributed by atoms with van der Waals surface area (Å²) in [6.07, 6.45) is 0. The van der Waals surface area contributed by atoms with Crippen LogP contribution in [0.4, 0.5) is 0 Å². The summed E-state index contributed by atoms with van der Waals surface area (Å²) in [5, 5.41) is 2.84. The van der Waals surface area contributed by atoms with E-state index in [4.69, 9.17) is 4.74 Å². The van der Waals surface area contributed by atoms with Crippen LogP contribution in [0.25, 0.3) is 0 Å². The van der Waals surface area contributed by atoms with E-state index in [1.54, 1.807) is 0 Å². The smallest absolute Gasteiger partial charge is 0.255 e. The largest absolute Gasteiger partial charge is 0.491 e. The van der Waals surface area contributed by atoms with Crippen LogP contribution in [-0.4, -0.2) is 19.1 Å².